The summed E-state index contributed by atoms with van der Waals surface area (Å²) in [6, 6.07) is 0. The van der Waals surface area contributed by atoms with E-state index in [1.54, 1.807) is 16.7 Å². The first-order valence-corrected chi connectivity index (χ1v) is 18.1. The van der Waals surface area contributed by atoms with Crippen molar-refractivity contribution in [3.63, 3.8) is 0 Å². The van der Waals surface area contributed by atoms with Gasteiger partial charge in [-0.2, -0.15) is 0 Å². The quantitative estimate of drug-likeness (QED) is 0.356. The number of carbonyl (C=O) groups is 2. The number of hydrogen-bond acceptors (Lipinski definition) is 4. The first-order valence-electron chi connectivity index (χ1n) is 14.4. The Morgan fingerprint density at radius 3 is 1.79 bits per heavy atom. The molecule has 4 nitrogen and oxygen atoms in total. The Morgan fingerprint density at radius 1 is 0.676 bits per heavy atom. The van der Waals surface area contributed by atoms with E-state index in [9.17, 15) is 9.59 Å². The van der Waals surface area contributed by atoms with Crippen molar-refractivity contribution in [1.29, 1.82) is 0 Å². The van der Waals surface area contributed by atoms with Crippen molar-refractivity contribution in [1.82, 2.24) is 0 Å². The molecule has 0 spiro atoms. The van der Waals surface area contributed by atoms with Crippen LogP contribution in [0.4, 0.5) is 0 Å². The Labute approximate surface area is 210 Å². The second-order valence-corrected chi connectivity index (χ2v) is 16.7. The molecule has 0 aliphatic heterocycles. The standard InChI is InChI=1S/C14H19.2C7H12O2.CH3.Ti/c1-10-11-6-2-4-8-13(11)14-9-5-3-7-12(10)14;2*8-7(9)6-4-2-1-3-5-6;;/h6,10H,2-5,7-9H2,1H3;2*6H,1-5H2,(H,8,9);1H3;/q;;;;+2/p-2. The van der Waals surface area contributed by atoms with Crippen LogP contribution >= 0.6 is 0 Å². The minimum absolute atomic E-state index is 0.00328. The van der Waals surface area contributed by atoms with Gasteiger partial charge in [-0.25, -0.2) is 0 Å². The van der Waals surface area contributed by atoms with E-state index in [-0.39, 0.29) is 28.0 Å². The molecule has 0 bridgehead atoms. The van der Waals surface area contributed by atoms with Gasteiger partial charge in [0.15, 0.2) is 0 Å². The average Bonchev–Trinajstić information content (AvgIpc) is 3.17. The zero-order valence-electron chi connectivity index (χ0n) is 21.5. The summed E-state index contributed by atoms with van der Waals surface area (Å²) in [5.41, 5.74) is 6.34. The van der Waals surface area contributed by atoms with Crippen LogP contribution < -0.4 is 0 Å². The molecule has 2 fully saturated rings. The molecule has 0 N–H and O–H groups in total. The molecule has 188 valence electrons. The van der Waals surface area contributed by atoms with Gasteiger partial charge in [0.05, 0.1) is 0 Å². The van der Waals surface area contributed by atoms with E-state index in [0.717, 1.165) is 70.6 Å². The van der Waals surface area contributed by atoms with Crippen LogP contribution in [0.5, 0.6) is 0 Å². The topological polar surface area (TPSA) is 52.6 Å². The molecule has 2 atom stereocenters. The van der Waals surface area contributed by atoms with E-state index in [4.69, 9.17) is 6.64 Å². The predicted molar refractivity (Wildman–Crippen MR) is 130 cm³/mol. The zero-order chi connectivity index (χ0) is 23.7. The van der Waals surface area contributed by atoms with E-state index in [2.05, 4.69) is 12.2 Å². The Bertz CT molecular complexity index is 827. The Morgan fingerprint density at radius 2 is 1.21 bits per heavy atom. The van der Waals surface area contributed by atoms with Crippen molar-refractivity contribution >= 4 is 11.9 Å². The van der Waals surface area contributed by atoms with Crippen molar-refractivity contribution in [2.45, 2.75) is 126 Å². The molecule has 5 aliphatic carbocycles. The molecule has 5 heteroatoms. The molecule has 0 aromatic rings. The maximum atomic E-state index is 13.4. The maximum absolute atomic E-state index is 13.4. The fraction of sp³-hybridized carbons (Fsp3) is 0.793. The van der Waals surface area contributed by atoms with Crippen LogP contribution in [0.1, 0.15) is 116 Å². The molecule has 0 radical (unpaired) electrons. The van der Waals surface area contributed by atoms with E-state index in [0.29, 0.717) is 5.92 Å². The van der Waals surface area contributed by atoms with Crippen molar-refractivity contribution in [3.05, 3.63) is 22.3 Å². The molecular formula is C29H44O4Ti. The molecule has 0 aromatic heterocycles. The summed E-state index contributed by atoms with van der Waals surface area (Å²) in [6.45, 7) is 2.37. The zero-order valence-corrected chi connectivity index (χ0v) is 23.0. The first-order chi connectivity index (χ1) is 16.5. The average molecular weight is 505 g/mol. The van der Waals surface area contributed by atoms with Crippen LogP contribution in [-0.4, -0.2) is 11.9 Å². The SMILES string of the molecule is CC1C2=C(CCCC2)C2=C1[CH]([Ti]([CH3])([O]C(=O)C1CCCCC1)[O]C(=O)C1CCCCC1)CCC2. The Kier molecular flexibility index (Phi) is 7.76. The molecule has 0 amide bonds. The van der Waals surface area contributed by atoms with Gasteiger partial charge in [-0.15, -0.1) is 0 Å². The van der Waals surface area contributed by atoms with Gasteiger partial charge in [0, 0.05) is 0 Å². The summed E-state index contributed by atoms with van der Waals surface area (Å²) >= 11 is -3.79. The number of fused-ring (bicyclic) bond motifs is 1. The van der Waals surface area contributed by atoms with E-state index in [1.165, 1.54) is 44.1 Å². The minimum atomic E-state index is -3.79. The number of carbonyl (C=O) groups excluding carboxylic acids is 2. The summed E-state index contributed by atoms with van der Waals surface area (Å²) in [7, 11) is 0. The molecule has 0 heterocycles. The van der Waals surface area contributed by atoms with Gasteiger partial charge in [-0.3, -0.25) is 0 Å². The van der Waals surface area contributed by atoms with Crippen molar-refractivity contribution in [3.8, 4) is 0 Å². The molecular weight excluding hydrogens is 460 g/mol. The van der Waals surface area contributed by atoms with Gasteiger partial charge in [0.25, 0.3) is 0 Å². The van der Waals surface area contributed by atoms with Gasteiger partial charge in [0.2, 0.25) is 0 Å². The summed E-state index contributed by atoms with van der Waals surface area (Å²) in [5, 5.41) is 2.10. The van der Waals surface area contributed by atoms with Crippen molar-refractivity contribution < 1.29 is 33.6 Å². The van der Waals surface area contributed by atoms with E-state index in [1.807, 2.05) is 0 Å². The number of hydrogen-bond donors (Lipinski definition) is 0. The van der Waals surface area contributed by atoms with Gasteiger partial charge in [-0.05, 0) is 0 Å². The van der Waals surface area contributed by atoms with Crippen LogP contribution in [0.2, 0.25) is 9.45 Å². The summed E-state index contributed by atoms with van der Waals surface area (Å²) in [5.74, 6) is 0.305. The first kappa shape index (κ1) is 24.8. The van der Waals surface area contributed by atoms with E-state index < -0.39 is 17.4 Å². The van der Waals surface area contributed by atoms with Gasteiger partial charge in [0.1, 0.15) is 0 Å². The molecule has 2 unspecified atom stereocenters. The van der Waals surface area contributed by atoms with Gasteiger partial charge in [-0.1, -0.05) is 0 Å². The van der Waals surface area contributed by atoms with Crippen LogP contribution in [-0.2, 0) is 33.6 Å². The molecule has 2 saturated carbocycles. The van der Waals surface area contributed by atoms with Crippen LogP contribution in [0.15, 0.2) is 22.3 Å². The second-order valence-electron chi connectivity index (χ2n) is 11.8. The Hall–Kier alpha value is -0.866. The third-order valence-corrected chi connectivity index (χ3v) is 14.4. The molecule has 5 rings (SSSR count). The van der Waals surface area contributed by atoms with Crippen LogP contribution in [0.3, 0.4) is 0 Å². The normalized spacial score (nSPS) is 29.0. The molecule has 5 aliphatic rings. The fourth-order valence-corrected chi connectivity index (χ4v) is 12.7. The molecule has 0 saturated heterocycles. The predicted octanol–water partition coefficient (Wildman–Crippen LogP) is 8.05. The van der Waals surface area contributed by atoms with Gasteiger partial charge >= 0.3 is 211 Å². The van der Waals surface area contributed by atoms with Crippen molar-refractivity contribution in [2.75, 3.05) is 0 Å². The number of allylic oxidation sites excluding steroid dienone is 4. The summed E-state index contributed by atoms with van der Waals surface area (Å²) in [4.78, 5) is 26.9. The molecule has 0 aromatic carbocycles. The summed E-state index contributed by atoms with van der Waals surface area (Å²) < 4.78 is 13.2. The summed E-state index contributed by atoms with van der Waals surface area (Å²) in [6.07, 6.45) is 18.9. The second kappa shape index (κ2) is 10.6. The van der Waals surface area contributed by atoms with E-state index >= 15 is 0 Å². The molecule has 34 heavy (non-hydrogen) atoms. The van der Waals surface area contributed by atoms with Crippen molar-refractivity contribution in [2.24, 2.45) is 17.8 Å². The van der Waals surface area contributed by atoms with Crippen LogP contribution in [0, 0.1) is 17.8 Å². The van der Waals surface area contributed by atoms with Gasteiger partial charge < -0.3 is 0 Å². The van der Waals surface area contributed by atoms with Crippen LogP contribution in [0.25, 0.3) is 0 Å². The Balaban J connectivity index is 1.44. The fourth-order valence-electron chi connectivity index (χ4n) is 7.77. The number of rotatable bonds is 5. The third-order valence-electron chi connectivity index (χ3n) is 9.62. The third kappa shape index (κ3) is 4.88. The monoisotopic (exact) mass is 504 g/mol.